The van der Waals surface area contributed by atoms with E-state index in [2.05, 4.69) is 5.16 Å². The van der Waals surface area contributed by atoms with Crippen molar-refractivity contribution in [2.24, 2.45) is 0 Å². The zero-order chi connectivity index (χ0) is 15.8. The Morgan fingerprint density at radius 2 is 1.95 bits per heavy atom. The molecule has 8 heteroatoms. The summed E-state index contributed by atoms with van der Waals surface area (Å²) in [6.45, 7) is 3.25. The highest BCUT2D eigenvalue weighted by atomic mass is 35.5. The lowest BCUT2D eigenvalue weighted by molar-refractivity contribution is 0.389. The van der Waals surface area contributed by atoms with Gasteiger partial charge in [0.15, 0.2) is 5.76 Å². The van der Waals surface area contributed by atoms with Gasteiger partial charge in [0.25, 0.3) is 0 Å². The molecule has 0 N–H and O–H groups in total. The van der Waals surface area contributed by atoms with Gasteiger partial charge in [-0.3, -0.25) is 0 Å². The highest BCUT2D eigenvalue weighted by molar-refractivity contribution is 7.89. The summed E-state index contributed by atoms with van der Waals surface area (Å²) in [4.78, 5) is 0.0863. The Bertz CT molecular complexity index is 752. The summed E-state index contributed by atoms with van der Waals surface area (Å²) >= 11 is 12.0. The van der Waals surface area contributed by atoms with Crippen molar-refractivity contribution in [2.75, 3.05) is 7.05 Å². The van der Waals surface area contributed by atoms with Crippen LogP contribution in [0.15, 0.2) is 27.6 Å². The van der Waals surface area contributed by atoms with Gasteiger partial charge in [-0.1, -0.05) is 40.5 Å². The van der Waals surface area contributed by atoms with Crippen LogP contribution in [0.1, 0.15) is 17.0 Å². The van der Waals surface area contributed by atoms with Crippen LogP contribution < -0.4 is 0 Å². The second-order valence-corrected chi connectivity index (χ2v) is 7.39. The minimum absolute atomic E-state index is 0.0863. The number of aryl methyl sites for hydroxylation is 2. The van der Waals surface area contributed by atoms with Crippen LogP contribution in [0.4, 0.5) is 0 Å². The molecule has 0 saturated carbocycles. The molecule has 2 rings (SSSR count). The Kier molecular flexibility index (Phi) is 4.63. The van der Waals surface area contributed by atoms with Gasteiger partial charge in [0.05, 0.1) is 10.0 Å². The van der Waals surface area contributed by atoms with E-state index < -0.39 is 10.0 Å². The van der Waals surface area contributed by atoms with E-state index in [1.165, 1.54) is 11.4 Å². The van der Waals surface area contributed by atoms with Crippen molar-refractivity contribution in [2.45, 2.75) is 25.3 Å². The van der Waals surface area contributed by atoms with Gasteiger partial charge in [0.2, 0.25) is 10.0 Å². The van der Waals surface area contributed by atoms with Gasteiger partial charge in [0, 0.05) is 13.6 Å². The smallest absolute Gasteiger partial charge is 0.248 e. The van der Waals surface area contributed by atoms with E-state index in [1.807, 2.05) is 0 Å². The molecule has 0 fully saturated rings. The molecule has 0 unspecified atom stereocenters. The van der Waals surface area contributed by atoms with Gasteiger partial charge in [-0.25, -0.2) is 8.42 Å². The van der Waals surface area contributed by atoms with E-state index in [1.54, 1.807) is 32.0 Å². The highest BCUT2D eigenvalue weighted by Crippen LogP contribution is 2.29. The van der Waals surface area contributed by atoms with Crippen LogP contribution >= 0.6 is 23.2 Å². The Balaban J connectivity index is 2.36. The maximum Gasteiger partial charge on any atom is 0.248 e. The summed E-state index contributed by atoms with van der Waals surface area (Å²) in [6, 6.07) is 5.10. The molecule has 1 aromatic heterocycles. The second-order valence-electron chi connectivity index (χ2n) is 4.63. The maximum absolute atomic E-state index is 12.6. The number of rotatable bonds is 4. The minimum atomic E-state index is -3.71. The maximum atomic E-state index is 12.6. The van der Waals surface area contributed by atoms with Gasteiger partial charge in [-0.05, 0) is 25.5 Å². The van der Waals surface area contributed by atoms with Crippen molar-refractivity contribution in [1.82, 2.24) is 9.46 Å². The van der Waals surface area contributed by atoms with Crippen LogP contribution in [0.5, 0.6) is 0 Å². The Morgan fingerprint density at radius 3 is 2.52 bits per heavy atom. The first-order valence-corrected chi connectivity index (χ1v) is 8.27. The van der Waals surface area contributed by atoms with Crippen LogP contribution in [0.3, 0.4) is 0 Å². The number of aromatic nitrogens is 1. The molecule has 2 aromatic rings. The predicted molar refractivity (Wildman–Crippen MR) is 81.1 cm³/mol. The fourth-order valence-electron chi connectivity index (χ4n) is 1.99. The number of hydrogen-bond acceptors (Lipinski definition) is 4. The quantitative estimate of drug-likeness (QED) is 0.849. The van der Waals surface area contributed by atoms with Crippen LogP contribution in [0.25, 0.3) is 0 Å². The molecule has 1 heterocycles. The first-order valence-electron chi connectivity index (χ1n) is 6.07. The molecule has 0 spiro atoms. The molecule has 0 amide bonds. The molecule has 0 saturated heterocycles. The van der Waals surface area contributed by atoms with Gasteiger partial charge < -0.3 is 4.52 Å². The summed E-state index contributed by atoms with van der Waals surface area (Å²) in [5.74, 6) is 0.261. The SMILES string of the molecule is Cc1noc(C)c1S(=O)(=O)N(C)Cc1cccc(Cl)c1Cl. The Labute approximate surface area is 133 Å². The van der Waals surface area contributed by atoms with Gasteiger partial charge in [-0.15, -0.1) is 0 Å². The molecule has 0 atom stereocenters. The second kappa shape index (κ2) is 5.96. The topological polar surface area (TPSA) is 63.4 Å². The lowest BCUT2D eigenvalue weighted by Crippen LogP contribution is -2.27. The summed E-state index contributed by atoms with van der Waals surface area (Å²) in [6.07, 6.45) is 0. The monoisotopic (exact) mass is 348 g/mol. The van der Waals surface area contributed by atoms with Crippen molar-refractivity contribution < 1.29 is 12.9 Å². The van der Waals surface area contributed by atoms with Crippen molar-refractivity contribution in [3.8, 4) is 0 Å². The van der Waals surface area contributed by atoms with E-state index in [9.17, 15) is 8.42 Å². The first kappa shape index (κ1) is 16.3. The van der Waals surface area contributed by atoms with Crippen molar-refractivity contribution >= 4 is 33.2 Å². The molecule has 5 nitrogen and oxygen atoms in total. The van der Waals surface area contributed by atoms with Crippen LogP contribution in [-0.2, 0) is 16.6 Å². The number of benzene rings is 1. The fraction of sp³-hybridized carbons (Fsp3) is 0.308. The lowest BCUT2D eigenvalue weighted by atomic mass is 10.2. The molecule has 0 aliphatic heterocycles. The summed E-state index contributed by atoms with van der Waals surface area (Å²) in [5.41, 5.74) is 0.957. The fourth-order valence-corrected chi connectivity index (χ4v) is 3.81. The molecular formula is C13H14Cl2N2O3S. The van der Waals surface area contributed by atoms with E-state index >= 15 is 0 Å². The normalized spacial score (nSPS) is 12.1. The van der Waals surface area contributed by atoms with Crippen molar-refractivity contribution in [3.63, 3.8) is 0 Å². The third kappa shape index (κ3) is 3.08. The summed E-state index contributed by atoms with van der Waals surface area (Å²) in [5, 5.41) is 4.41. The first-order chi connectivity index (χ1) is 9.75. The Hall–Kier alpha value is -1.08. The van der Waals surface area contributed by atoms with Crippen LogP contribution in [0, 0.1) is 13.8 Å². The van der Waals surface area contributed by atoms with Crippen molar-refractivity contribution in [3.05, 3.63) is 45.3 Å². The van der Waals surface area contributed by atoms with Gasteiger partial charge in [-0.2, -0.15) is 4.31 Å². The molecule has 0 aliphatic carbocycles. The van der Waals surface area contributed by atoms with Gasteiger partial charge >= 0.3 is 0 Å². The van der Waals surface area contributed by atoms with E-state index in [4.69, 9.17) is 27.7 Å². The molecular weight excluding hydrogens is 335 g/mol. The predicted octanol–water partition coefficient (Wildman–Crippen LogP) is 3.42. The van der Waals surface area contributed by atoms with Crippen LogP contribution in [-0.4, -0.2) is 24.9 Å². The number of hydrogen-bond donors (Lipinski definition) is 0. The number of sulfonamides is 1. The summed E-state index contributed by atoms with van der Waals surface area (Å²) < 4.78 is 31.3. The third-order valence-corrected chi connectivity index (χ3v) is 5.97. The molecule has 0 radical (unpaired) electrons. The molecule has 1 aromatic carbocycles. The van der Waals surface area contributed by atoms with E-state index in [0.29, 0.717) is 21.3 Å². The van der Waals surface area contributed by atoms with E-state index in [0.717, 1.165) is 0 Å². The van der Waals surface area contributed by atoms with Crippen molar-refractivity contribution in [1.29, 1.82) is 0 Å². The highest BCUT2D eigenvalue weighted by Gasteiger charge is 2.29. The molecule has 114 valence electrons. The average molecular weight is 349 g/mol. The lowest BCUT2D eigenvalue weighted by Gasteiger charge is -2.18. The molecule has 0 aliphatic rings. The zero-order valence-electron chi connectivity index (χ0n) is 11.7. The number of nitrogens with zero attached hydrogens (tertiary/aromatic N) is 2. The Morgan fingerprint density at radius 1 is 1.29 bits per heavy atom. The largest absolute Gasteiger partial charge is 0.360 e. The number of halogens is 2. The van der Waals surface area contributed by atoms with E-state index in [-0.39, 0.29) is 17.2 Å². The standard InChI is InChI=1S/C13H14Cl2N2O3S/c1-8-13(9(2)20-16-8)21(18,19)17(3)7-10-5-4-6-11(14)12(10)15/h4-6H,7H2,1-3H3. The third-order valence-electron chi connectivity index (χ3n) is 3.06. The zero-order valence-corrected chi connectivity index (χ0v) is 14.1. The average Bonchev–Trinajstić information content (AvgIpc) is 2.75. The van der Waals surface area contributed by atoms with Crippen LogP contribution in [0.2, 0.25) is 10.0 Å². The minimum Gasteiger partial charge on any atom is -0.360 e. The molecule has 21 heavy (non-hydrogen) atoms. The molecule has 0 bridgehead atoms. The van der Waals surface area contributed by atoms with Gasteiger partial charge in [0.1, 0.15) is 10.6 Å². The summed E-state index contributed by atoms with van der Waals surface area (Å²) in [7, 11) is -2.24.